The van der Waals surface area contributed by atoms with Crippen molar-refractivity contribution in [3.05, 3.63) is 58.6 Å². The van der Waals surface area contributed by atoms with E-state index in [-0.39, 0.29) is 0 Å². The van der Waals surface area contributed by atoms with Crippen LogP contribution in [0.5, 0.6) is 5.75 Å². The molecule has 2 aromatic rings. The summed E-state index contributed by atoms with van der Waals surface area (Å²) < 4.78 is 12.1. The first-order chi connectivity index (χ1) is 9.25. The Labute approximate surface area is 121 Å². The minimum atomic E-state index is 0.488. The second-order valence-electron chi connectivity index (χ2n) is 4.07. The Morgan fingerprint density at radius 3 is 2.63 bits per heavy atom. The van der Waals surface area contributed by atoms with Crippen molar-refractivity contribution in [1.29, 1.82) is 0 Å². The molecule has 0 saturated heterocycles. The number of halogens is 1. The first kappa shape index (κ1) is 13.9. The Balaban J connectivity index is 1.69. The Morgan fingerprint density at radius 1 is 1.00 bits per heavy atom. The highest BCUT2D eigenvalue weighted by molar-refractivity contribution is 9.10. The fourth-order valence-corrected chi connectivity index (χ4v) is 2.09. The molecule has 4 heteroatoms. The van der Waals surface area contributed by atoms with Gasteiger partial charge in [-0.25, -0.2) is 0 Å². The van der Waals surface area contributed by atoms with Crippen molar-refractivity contribution in [3.63, 3.8) is 0 Å². The van der Waals surface area contributed by atoms with Crippen molar-refractivity contribution in [2.24, 2.45) is 0 Å². The minimum Gasteiger partial charge on any atom is -0.489 e. The second kappa shape index (κ2) is 7.16. The van der Waals surface area contributed by atoms with Gasteiger partial charge < -0.3 is 15.2 Å². The lowest BCUT2D eigenvalue weighted by Gasteiger charge is -2.09. The third-order valence-electron chi connectivity index (χ3n) is 2.56. The zero-order chi connectivity index (χ0) is 13.5. The van der Waals surface area contributed by atoms with E-state index in [4.69, 9.17) is 15.2 Å². The quantitative estimate of drug-likeness (QED) is 0.652. The average molecular weight is 322 g/mol. The highest BCUT2D eigenvalue weighted by Crippen LogP contribution is 2.19. The first-order valence-electron chi connectivity index (χ1n) is 6.05. The van der Waals surface area contributed by atoms with Crippen LogP contribution in [-0.2, 0) is 11.3 Å². The number of hydrogen-bond acceptors (Lipinski definition) is 3. The zero-order valence-corrected chi connectivity index (χ0v) is 12.1. The van der Waals surface area contributed by atoms with Crippen LogP contribution >= 0.6 is 15.9 Å². The molecule has 2 aromatic carbocycles. The maximum absolute atomic E-state index is 5.77. The van der Waals surface area contributed by atoms with Crippen molar-refractivity contribution >= 4 is 21.6 Å². The fourth-order valence-electron chi connectivity index (χ4n) is 1.64. The maximum atomic E-state index is 5.77. The molecule has 0 fully saturated rings. The Hall–Kier alpha value is -1.52. The molecule has 3 nitrogen and oxygen atoms in total. The van der Waals surface area contributed by atoms with Crippen molar-refractivity contribution < 1.29 is 9.47 Å². The zero-order valence-electron chi connectivity index (χ0n) is 10.5. The molecule has 0 aliphatic rings. The number of benzene rings is 2. The van der Waals surface area contributed by atoms with Crippen molar-refractivity contribution in [2.75, 3.05) is 18.9 Å². The van der Waals surface area contributed by atoms with Gasteiger partial charge in [0, 0.05) is 4.47 Å². The van der Waals surface area contributed by atoms with Gasteiger partial charge in [-0.3, -0.25) is 0 Å². The number of para-hydroxylation sites is 2. The van der Waals surface area contributed by atoms with Crippen molar-refractivity contribution in [3.8, 4) is 5.75 Å². The van der Waals surface area contributed by atoms with Gasteiger partial charge in [0.25, 0.3) is 0 Å². The summed E-state index contributed by atoms with van der Waals surface area (Å²) in [5, 5.41) is 0. The molecule has 0 unspecified atom stereocenters. The lowest BCUT2D eigenvalue weighted by Crippen LogP contribution is -2.07. The molecule has 100 valence electrons. The normalized spacial score (nSPS) is 10.4. The molecular formula is C15H16BrNO2. The summed E-state index contributed by atoms with van der Waals surface area (Å²) in [7, 11) is 0. The molecule has 2 N–H and O–H groups in total. The molecule has 2 rings (SSSR count). The molecule has 0 bridgehead atoms. The minimum absolute atomic E-state index is 0.488. The fraction of sp³-hybridized carbons (Fsp3) is 0.200. The van der Waals surface area contributed by atoms with Gasteiger partial charge in [0.15, 0.2) is 0 Å². The van der Waals surface area contributed by atoms with Crippen LogP contribution in [0.4, 0.5) is 5.69 Å². The summed E-state index contributed by atoms with van der Waals surface area (Å²) in [6.45, 7) is 1.59. The van der Waals surface area contributed by atoms with Gasteiger partial charge in [-0.05, 0) is 29.8 Å². The van der Waals surface area contributed by atoms with Gasteiger partial charge in [-0.1, -0.05) is 40.2 Å². The van der Waals surface area contributed by atoms with Crippen molar-refractivity contribution in [2.45, 2.75) is 6.61 Å². The second-order valence-corrected chi connectivity index (χ2v) is 4.98. The number of hydrogen-bond donors (Lipinski definition) is 1. The summed E-state index contributed by atoms with van der Waals surface area (Å²) in [5.74, 6) is 0.702. The van der Waals surface area contributed by atoms with Crippen LogP contribution in [0.25, 0.3) is 0 Å². The number of rotatable bonds is 6. The van der Waals surface area contributed by atoms with Crippen molar-refractivity contribution in [1.82, 2.24) is 0 Å². The van der Waals surface area contributed by atoms with E-state index in [0.29, 0.717) is 31.3 Å². The Morgan fingerprint density at radius 2 is 1.84 bits per heavy atom. The third kappa shape index (κ3) is 4.58. The monoisotopic (exact) mass is 321 g/mol. The van der Waals surface area contributed by atoms with E-state index in [1.807, 2.05) is 48.5 Å². The lowest BCUT2D eigenvalue weighted by molar-refractivity contribution is 0.0891. The number of ether oxygens (including phenoxy) is 2. The molecule has 0 spiro atoms. The number of nitrogen functional groups attached to an aromatic ring is 1. The summed E-state index contributed by atoms with van der Waals surface area (Å²) in [6, 6.07) is 15.5. The van der Waals surface area contributed by atoms with Gasteiger partial charge in [-0.2, -0.15) is 0 Å². The Bertz CT molecular complexity index is 531. The predicted octanol–water partition coefficient (Wildman–Crippen LogP) is 3.63. The summed E-state index contributed by atoms with van der Waals surface area (Å²) >= 11 is 3.43. The van der Waals surface area contributed by atoms with Crippen LogP contribution in [-0.4, -0.2) is 13.2 Å². The van der Waals surface area contributed by atoms with E-state index in [9.17, 15) is 0 Å². The summed E-state index contributed by atoms with van der Waals surface area (Å²) in [4.78, 5) is 0. The molecule has 19 heavy (non-hydrogen) atoms. The SMILES string of the molecule is Nc1ccccc1OCCOCc1cccc(Br)c1. The van der Waals surface area contributed by atoms with E-state index in [0.717, 1.165) is 10.0 Å². The predicted molar refractivity (Wildman–Crippen MR) is 80.1 cm³/mol. The number of nitrogens with two attached hydrogens (primary N) is 1. The van der Waals surface area contributed by atoms with E-state index in [1.54, 1.807) is 0 Å². The summed E-state index contributed by atoms with van der Waals surface area (Å²) in [6.07, 6.45) is 0. The summed E-state index contributed by atoms with van der Waals surface area (Å²) in [5.41, 5.74) is 7.55. The molecular weight excluding hydrogens is 306 g/mol. The van der Waals surface area contributed by atoms with Crippen LogP contribution in [0.2, 0.25) is 0 Å². The van der Waals surface area contributed by atoms with E-state index >= 15 is 0 Å². The standard InChI is InChI=1S/C15H16BrNO2/c16-13-5-3-4-12(10-13)11-18-8-9-19-15-7-2-1-6-14(15)17/h1-7,10H,8-9,11,17H2. The largest absolute Gasteiger partial charge is 0.489 e. The molecule has 0 aliphatic carbocycles. The topological polar surface area (TPSA) is 44.5 Å². The maximum Gasteiger partial charge on any atom is 0.142 e. The third-order valence-corrected chi connectivity index (χ3v) is 3.06. The van der Waals surface area contributed by atoms with Gasteiger partial charge in [0.05, 0.1) is 18.9 Å². The molecule has 0 amide bonds. The molecule has 0 saturated carbocycles. The van der Waals surface area contributed by atoms with Gasteiger partial charge in [0.1, 0.15) is 12.4 Å². The average Bonchev–Trinajstić information content (AvgIpc) is 2.40. The molecule has 0 radical (unpaired) electrons. The van der Waals surface area contributed by atoms with Gasteiger partial charge >= 0.3 is 0 Å². The first-order valence-corrected chi connectivity index (χ1v) is 6.84. The van der Waals surface area contributed by atoms with Gasteiger partial charge in [0.2, 0.25) is 0 Å². The van der Waals surface area contributed by atoms with Crippen LogP contribution in [0, 0.1) is 0 Å². The highest BCUT2D eigenvalue weighted by Gasteiger charge is 1.98. The van der Waals surface area contributed by atoms with E-state index < -0.39 is 0 Å². The van der Waals surface area contributed by atoms with Gasteiger partial charge in [-0.15, -0.1) is 0 Å². The Kier molecular flexibility index (Phi) is 5.24. The highest BCUT2D eigenvalue weighted by atomic mass is 79.9. The van der Waals surface area contributed by atoms with E-state index in [2.05, 4.69) is 15.9 Å². The smallest absolute Gasteiger partial charge is 0.142 e. The van der Waals surface area contributed by atoms with Crippen LogP contribution in [0.15, 0.2) is 53.0 Å². The van der Waals surface area contributed by atoms with Crippen LogP contribution in [0.1, 0.15) is 5.56 Å². The van der Waals surface area contributed by atoms with Crippen LogP contribution in [0.3, 0.4) is 0 Å². The van der Waals surface area contributed by atoms with Crippen LogP contribution < -0.4 is 10.5 Å². The molecule has 0 aliphatic heterocycles. The molecule has 0 aromatic heterocycles. The lowest BCUT2D eigenvalue weighted by atomic mass is 10.2. The molecule has 0 atom stereocenters. The number of anilines is 1. The molecule has 0 heterocycles. The van der Waals surface area contributed by atoms with E-state index in [1.165, 1.54) is 0 Å².